The number of hydrogen-bond donors (Lipinski definition) is 2. The van der Waals surface area contributed by atoms with Gasteiger partial charge in [-0.05, 0) is 49.9 Å². The number of nitrogens with one attached hydrogen (secondary N) is 2. The molecule has 1 aromatic rings. The van der Waals surface area contributed by atoms with Crippen molar-refractivity contribution in [3.63, 3.8) is 0 Å². The fraction of sp³-hybridized carbons (Fsp3) is 0.500. The third kappa shape index (κ3) is 4.10. The van der Waals surface area contributed by atoms with Gasteiger partial charge in [-0.15, -0.1) is 0 Å². The van der Waals surface area contributed by atoms with E-state index in [1.165, 1.54) is 11.1 Å². The highest BCUT2D eigenvalue weighted by Crippen LogP contribution is 2.19. The van der Waals surface area contributed by atoms with E-state index in [1.54, 1.807) is 0 Å². The van der Waals surface area contributed by atoms with Crippen LogP contribution in [0.3, 0.4) is 0 Å². The number of hydrogen-bond acceptors (Lipinski definition) is 1. The van der Waals surface area contributed by atoms with Crippen molar-refractivity contribution < 1.29 is 4.79 Å². The van der Waals surface area contributed by atoms with Crippen molar-refractivity contribution in [3.05, 3.63) is 28.8 Å². The molecule has 0 saturated heterocycles. The van der Waals surface area contributed by atoms with Crippen molar-refractivity contribution in [2.24, 2.45) is 0 Å². The van der Waals surface area contributed by atoms with Gasteiger partial charge in [0.15, 0.2) is 0 Å². The number of rotatable bonds is 4. The summed E-state index contributed by atoms with van der Waals surface area (Å²) in [6.45, 7) is 8.97. The minimum atomic E-state index is -0.121. The highest BCUT2D eigenvalue weighted by Gasteiger charge is 2.05. The molecule has 1 rings (SSSR count). The molecule has 0 radical (unpaired) electrons. The van der Waals surface area contributed by atoms with Crippen molar-refractivity contribution in [1.29, 1.82) is 0 Å². The molecular weight excluding hydrogens is 212 g/mol. The van der Waals surface area contributed by atoms with Gasteiger partial charge in [0.2, 0.25) is 0 Å². The summed E-state index contributed by atoms with van der Waals surface area (Å²) in [6.07, 6.45) is 2.10. The van der Waals surface area contributed by atoms with Crippen molar-refractivity contribution in [2.75, 3.05) is 11.9 Å². The van der Waals surface area contributed by atoms with E-state index in [-0.39, 0.29) is 6.03 Å². The smallest absolute Gasteiger partial charge is 0.319 e. The van der Waals surface area contributed by atoms with Crippen LogP contribution in [0, 0.1) is 20.8 Å². The molecule has 2 amide bonds. The topological polar surface area (TPSA) is 41.1 Å². The Labute approximate surface area is 104 Å². The molecule has 0 fully saturated rings. The molecule has 0 aliphatic carbocycles. The largest absolute Gasteiger partial charge is 0.338 e. The van der Waals surface area contributed by atoms with Crippen LogP contribution in [0.1, 0.15) is 36.5 Å². The fourth-order valence-corrected chi connectivity index (χ4v) is 1.64. The van der Waals surface area contributed by atoms with Gasteiger partial charge in [-0.2, -0.15) is 0 Å². The quantitative estimate of drug-likeness (QED) is 0.769. The summed E-state index contributed by atoms with van der Waals surface area (Å²) in [4.78, 5) is 11.6. The molecular formula is C14H22N2O. The van der Waals surface area contributed by atoms with E-state index in [4.69, 9.17) is 0 Å². The molecule has 3 nitrogen and oxygen atoms in total. The second-order valence-corrected chi connectivity index (χ2v) is 4.49. The van der Waals surface area contributed by atoms with Crippen LogP contribution in [-0.2, 0) is 0 Å². The number of urea groups is 1. The van der Waals surface area contributed by atoms with Crippen molar-refractivity contribution in [3.8, 4) is 0 Å². The standard InChI is InChI=1S/C14H22N2O/c1-5-6-7-15-14(17)16-13-9-11(3)10(2)8-12(13)4/h8-9H,5-7H2,1-4H3,(H2,15,16,17). The highest BCUT2D eigenvalue weighted by molar-refractivity contribution is 5.90. The number of amides is 2. The van der Waals surface area contributed by atoms with Crippen LogP contribution in [0.15, 0.2) is 12.1 Å². The van der Waals surface area contributed by atoms with Gasteiger partial charge in [-0.1, -0.05) is 19.4 Å². The Bertz CT molecular complexity index is 399. The average Bonchev–Trinajstić information content (AvgIpc) is 2.26. The predicted molar refractivity (Wildman–Crippen MR) is 72.6 cm³/mol. The van der Waals surface area contributed by atoms with E-state index in [9.17, 15) is 4.79 Å². The minimum absolute atomic E-state index is 0.121. The molecule has 0 spiro atoms. The van der Waals surface area contributed by atoms with Crippen LogP contribution < -0.4 is 10.6 Å². The van der Waals surface area contributed by atoms with Gasteiger partial charge in [0.05, 0.1) is 0 Å². The third-order valence-corrected chi connectivity index (χ3v) is 2.90. The molecule has 17 heavy (non-hydrogen) atoms. The number of aryl methyl sites for hydroxylation is 3. The van der Waals surface area contributed by atoms with E-state index in [2.05, 4.69) is 37.5 Å². The van der Waals surface area contributed by atoms with Crippen molar-refractivity contribution in [1.82, 2.24) is 5.32 Å². The Morgan fingerprint density at radius 1 is 1.12 bits per heavy atom. The molecule has 0 saturated carbocycles. The third-order valence-electron chi connectivity index (χ3n) is 2.90. The maximum atomic E-state index is 11.6. The van der Waals surface area contributed by atoms with Crippen LogP contribution in [0.4, 0.5) is 10.5 Å². The van der Waals surface area contributed by atoms with Crippen LogP contribution in [0.5, 0.6) is 0 Å². The first-order chi connectivity index (χ1) is 8.04. The summed E-state index contributed by atoms with van der Waals surface area (Å²) >= 11 is 0. The lowest BCUT2D eigenvalue weighted by atomic mass is 10.1. The maximum absolute atomic E-state index is 11.6. The molecule has 0 unspecified atom stereocenters. The van der Waals surface area contributed by atoms with Gasteiger partial charge in [0.25, 0.3) is 0 Å². The van der Waals surface area contributed by atoms with Crippen LogP contribution in [0.25, 0.3) is 0 Å². The second kappa shape index (κ2) is 6.28. The lowest BCUT2D eigenvalue weighted by Gasteiger charge is -2.12. The molecule has 0 aromatic heterocycles. The molecule has 94 valence electrons. The van der Waals surface area contributed by atoms with Crippen molar-refractivity contribution >= 4 is 11.7 Å². The second-order valence-electron chi connectivity index (χ2n) is 4.49. The molecule has 3 heteroatoms. The van der Waals surface area contributed by atoms with Gasteiger partial charge in [0.1, 0.15) is 0 Å². The normalized spacial score (nSPS) is 10.1. The number of anilines is 1. The Kier molecular flexibility index (Phi) is 5.01. The SMILES string of the molecule is CCCCNC(=O)Nc1cc(C)c(C)cc1C. The van der Waals surface area contributed by atoms with Gasteiger partial charge < -0.3 is 10.6 Å². The Hall–Kier alpha value is -1.51. The molecule has 0 aliphatic rings. The zero-order valence-corrected chi connectivity index (χ0v) is 11.2. The van der Waals surface area contributed by atoms with Crippen LogP contribution in [-0.4, -0.2) is 12.6 Å². The first-order valence-electron chi connectivity index (χ1n) is 6.17. The summed E-state index contributed by atoms with van der Waals surface area (Å²) < 4.78 is 0. The maximum Gasteiger partial charge on any atom is 0.319 e. The van der Waals surface area contributed by atoms with Crippen LogP contribution >= 0.6 is 0 Å². The molecule has 2 N–H and O–H groups in total. The van der Waals surface area contributed by atoms with Crippen LogP contribution in [0.2, 0.25) is 0 Å². The van der Waals surface area contributed by atoms with E-state index in [0.717, 1.165) is 30.6 Å². The number of benzene rings is 1. The predicted octanol–water partition coefficient (Wildman–Crippen LogP) is 3.53. The first-order valence-corrected chi connectivity index (χ1v) is 6.17. The number of carbonyl (C=O) groups excluding carboxylic acids is 1. The zero-order valence-electron chi connectivity index (χ0n) is 11.2. The van der Waals surface area contributed by atoms with E-state index in [1.807, 2.05) is 13.0 Å². The van der Waals surface area contributed by atoms with E-state index >= 15 is 0 Å². The van der Waals surface area contributed by atoms with Gasteiger partial charge in [-0.3, -0.25) is 0 Å². The fourth-order valence-electron chi connectivity index (χ4n) is 1.64. The van der Waals surface area contributed by atoms with Crippen molar-refractivity contribution in [2.45, 2.75) is 40.5 Å². The number of unbranched alkanes of at least 4 members (excludes halogenated alkanes) is 1. The van der Waals surface area contributed by atoms with Gasteiger partial charge >= 0.3 is 6.03 Å². The summed E-state index contributed by atoms with van der Waals surface area (Å²) in [7, 11) is 0. The van der Waals surface area contributed by atoms with E-state index in [0.29, 0.717) is 0 Å². The molecule has 0 atom stereocenters. The average molecular weight is 234 g/mol. The molecule has 0 bridgehead atoms. The zero-order chi connectivity index (χ0) is 12.8. The van der Waals surface area contributed by atoms with Gasteiger partial charge in [-0.25, -0.2) is 4.79 Å². The summed E-state index contributed by atoms with van der Waals surface area (Å²) in [5.74, 6) is 0. The number of carbonyl (C=O) groups is 1. The molecule has 0 aliphatic heterocycles. The summed E-state index contributed by atoms with van der Waals surface area (Å²) in [5.41, 5.74) is 4.43. The highest BCUT2D eigenvalue weighted by atomic mass is 16.2. The Morgan fingerprint density at radius 2 is 1.76 bits per heavy atom. The molecule has 1 aromatic carbocycles. The lowest BCUT2D eigenvalue weighted by molar-refractivity contribution is 0.252. The van der Waals surface area contributed by atoms with Gasteiger partial charge in [0, 0.05) is 12.2 Å². The lowest BCUT2D eigenvalue weighted by Crippen LogP contribution is -2.29. The van der Waals surface area contributed by atoms with E-state index < -0.39 is 0 Å². The minimum Gasteiger partial charge on any atom is -0.338 e. The Morgan fingerprint density at radius 3 is 2.41 bits per heavy atom. The monoisotopic (exact) mass is 234 g/mol. The summed E-state index contributed by atoms with van der Waals surface area (Å²) in [6, 6.07) is 3.99. The summed E-state index contributed by atoms with van der Waals surface area (Å²) in [5, 5.41) is 5.73. The molecule has 0 heterocycles. The first kappa shape index (κ1) is 13.6. The Balaban J connectivity index is 2.62.